The van der Waals surface area contributed by atoms with Crippen molar-refractivity contribution in [1.29, 1.82) is 0 Å². The van der Waals surface area contributed by atoms with Crippen molar-refractivity contribution in [2.24, 2.45) is 0 Å². The average Bonchev–Trinajstić information content (AvgIpc) is 3.33. The fraction of sp³-hybridized carbons (Fsp3) is 0.190. The number of nitrogens with one attached hydrogen (secondary N) is 1. The molecule has 2 aliphatic rings. The predicted molar refractivity (Wildman–Crippen MR) is 117 cm³/mol. The molecule has 2 aliphatic heterocycles. The Morgan fingerprint density at radius 3 is 2.37 bits per heavy atom. The summed E-state index contributed by atoms with van der Waals surface area (Å²) in [5, 5.41) is 3.14. The average molecular weight is 465 g/mol. The van der Waals surface area contributed by atoms with E-state index >= 15 is 0 Å². The second-order valence-corrected chi connectivity index (χ2v) is 8.16. The van der Waals surface area contributed by atoms with Crippen molar-refractivity contribution >= 4 is 63.9 Å². The third kappa shape index (κ3) is 3.78. The minimum absolute atomic E-state index is 0.0698. The molecule has 0 unspecified atom stereocenters. The van der Waals surface area contributed by atoms with Gasteiger partial charge in [0.05, 0.1) is 10.7 Å². The van der Waals surface area contributed by atoms with Crippen molar-refractivity contribution in [1.82, 2.24) is 4.90 Å². The summed E-state index contributed by atoms with van der Waals surface area (Å²) in [7, 11) is 0. The van der Waals surface area contributed by atoms with Crippen molar-refractivity contribution in [2.75, 3.05) is 23.3 Å². The van der Waals surface area contributed by atoms with E-state index in [0.29, 0.717) is 16.3 Å². The summed E-state index contributed by atoms with van der Waals surface area (Å²) in [6, 6.07) is 11.2. The summed E-state index contributed by atoms with van der Waals surface area (Å²) in [6.45, 7) is 1.47. The molecule has 3 amide bonds. The molecule has 0 saturated carbocycles. The molecular weight excluding hydrogens is 449 g/mol. The lowest BCUT2D eigenvalue weighted by Crippen LogP contribution is -2.32. The number of imide groups is 1. The van der Waals surface area contributed by atoms with Crippen molar-refractivity contribution in [3.8, 4) is 0 Å². The highest BCUT2D eigenvalue weighted by Crippen LogP contribution is 2.35. The van der Waals surface area contributed by atoms with Gasteiger partial charge in [0.2, 0.25) is 0 Å². The largest absolute Gasteiger partial charge is 0.350 e. The molecule has 6 nitrogen and oxygen atoms in total. The van der Waals surface area contributed by atoms with Crippen LogP contribution in [-0.2, 0) is 9.59 Å². The Balaban J connectivity index is 1.59. The number of benzene rings is 2. The zero-order chi connectivity index (χ0) is 21.4. The lowest BCUT2D eigenvalue weighted by molar-refractivity contribution is -0.120. The summed E-state index contributed by atoms with van der Waals surface area (Å²) < 4.78 is 0. The molecule has 0 bridgehead atoms. The lowest BCUT2D eigenvalue weighted by atomic mass is 10.1. The number of carbonyl (C=O) groups excluding carboxylic acids is 3. The first-order valence-electron chi connectivity index (χ1n) is 9.27. The Morgan fingerprint density at radius 2 is 1.67 bits per heavy atom. The molecule has 30 heavy (non-hydrogen) atoms. The molecule has 1 N–H and O–H groups in total. The molecule has 2 aromatic carbocycles. The SMILES string of the molecule is O=C(c1cccc(NC2=C(Cl)C(=O)N(c3ccc(Cl)cc3Cl)C2=O)c1)N1CCCC1. The first-order valence-corrected chi connectivity index (χ1v) is 10.4. The molecule has 0 aliphatic carbocycles. The fourth-order valence-corrected chi connectivity index (χ4v) is 4.18. The van der Waals surface area contributed by atoms with Crippen LogP contribution in [0.1, 0.15) is 23.2 Å². The number of anilines is 2. The van der Waals surface area contributed by atoms with Crippen LogP contribution < -0.4 is 10.2 Å². The van der Waals surface area contributed by atoms with Gasteiger partial charge in [-0.15, -0.1) is 0 Å². The highest BCUT2D eigenvalue weighted by atomic mass is 35.5. The number of halogens is 3. The summed E-state index contributed by atoms with van der Waals surface area (Å²) >= 11 is 18.2. The molecule has 2 aromatic rings. The van der Waals surface area contributed by atoms with Crippen LogP contribution in [0.15, 0.2) is 53.2 Å². The van der Waals surface area contributed by atoms with Gasteiger partial charge in [-0.1, -0.05) is 40.9 Å². The van der Waals surface area contributed by atoms with Crippen LogP contribution in [0.4, 0.5) is 11.4 Å². The quantitative estimate of drug-likeness (QED) is 0.668. The number of hydrogen-bond acceptors (Lipinski definition) is 4. The van der Waals surface area contributed by atoms with Gasteiger partial charge in [0, 0.05) is 29.4 Å². The van der Waals surface area contributed by atoms with Crippen LogP contribution in [0.25, 0.3) is 0 Å². The van der Waals surface area contributed by atoms with E-state index in [0.717, 1.165) is 30.8 Å². The van der Waals surface area contributed by atoms with Gasteiger partial charge in [-0.05, 0) is 49.2 Å². The standard InChI is InChI=1S/C21H16Cl3N3O3/c22-13-6-7-16(15(23)11-13)27-20(29)17(24)18(21(27)30)25-14-5-3-4-12(10-14)19(28)26-8-1-2-9-26/h3-7,10-11,25H,1-2,8-9H2. The molecule has 1 fully saturated rings. The van der Waals surface area contributed by atoms with E-state index in [1.54, 1.807) is 29.2 Å². The molecule has 0 aromatic heterocycles. The number of rotatable bonds is 4. The van der Waals surface area contributed by atoms with Crippen LogP contribution in [0.5, 0.6) is 0 Å². The van der Waals surface area contributed by atoms with Gasteiger partial charge in [-0.3, -0.25) is 14.4 Å². The molecule has 154 valence electrons. The molecular formula is C21H16Cl3N3O3. The summed E-state index contributed by atoms with van der Waals surface area (Å²) in [5.41, 5.74) is 1.06. The second kappa shape index (κ2) is 8.30. The minimum Gasteiger partial charge on any atom is -0.350 e. The van der Waals surface area contributed by atoms with Gasteiger partial charge in [0.25, 0.3) is 17.7 Å². The Labute approximate surface area is 188 Å². The fourth-order valence-electron chi connectivity index (χ4n) is 3.47. The highest BCUT2D eigenvalue weighted by molar-refractivity contribution is 6.53. The van der Waals surface area contributed by atoms with Gasteiger partial charge >= 0.3 is 0 Å². The number of likely N-dealkylation sites (tertiary alicyclic amines) is 1. The van der Waals surface area contributed by atoms with E-state index in [1.807, 2.05) is 0 Å². The molecule has 2 heterocycles. The smallest absolute Gasteiger partial charge is 0.283 e. The van der Waals surface area contributed by atoms with Crippen LogP contribution in [0.3, 0.4) is 0 Å². The summed E-state index contributed by atoms with van der Waals surface area (Å²) in [4.78, 5) is 40.9. The second-order valence-electron chi connectivity index (χ2n) is 6.94. The first-order chi connectivity index (χ1) is 14.4. The molecule has 0 atom stereocenters. The number of amides is 3. The van der Waals surface area contributed by atoms with Crippen molar-refractivity contribution in [3.63, 3.8) is 0 Å². The van der Waals surface area contributed by atoms with Crippen molar-refractivity contribution in [3.05, 3.63) is 68.8 Å². The van der Waals surface area contributed by atoms with Gasteiger partial charge in [0.1, 0.15) is 10.7 Å². The van der Waals surface area contributed by atoms with E-state index in [1.165, 1.54) is 18.2 Å². The molecule has 9 heteroatoms. The highest BCUT2D eigenvalue weighted by Gasteiger charge is 2.40. The number of hydrogen-bond donors (Lipinski definition) is 1. The van der Waals surface area contributed by atoms with Crippen LogP contribution in [0.2, 0.25) is 10.0 Å². The van der Waals surface area contributed by atoms with Gasteiger partial charge < -0.3 is 10.2 Å². The topological polar surface area (TPSA) is 69.7 Å². The number of nitrogens with zero attached hydrogens (tertiary/aromatic N) is 2. The van der Waals surface area contributed by atoms with Crippen LogP contribution in [-0.4, -0.2) is 35.7 Å². The molecule has 0 radical (unpaired) electrons. The maximum absolute atomic E-state index is 12.9. The zero-order valence-corrected chi connectivity index (χ0v) is 17.9. The first kappa shape index (κ1) is 20.7. The van der Waals surface area contributed by atoms with Crippen LogP contribution >= 0.6 is 34.8 Å². The maximum Gasteiger partial charge on any atom is 0.283 e. The summed E-state index contributed by atoms with van der Waals surface area (Å²) in [5.74, 6) is -1.41. The van der Waals surface area contributed by atoms with Crippen LogP contribution in [0, 0.1) is 0 Å². The normalized spacial score (nSPS) is 16.6. The lowest BCUT2D eigenvalue weighted by Gasteiger charge is -2.17. The maximum atomic E-state index is 12.9. The van der Waals surface area contributed by atoms with E-state index < -0.39 is 11.8 Å². The zero-order valence-electron chi connectivity index (χ0n) is 15.6. The molecule has 4 rings (SSSR count). The Morgan fingerprint density at radius 1 is 0.933 bits per heavy atom. The van der Waals surface area contributed by atoms with Crippen molar-refractivity contribution < 1.29 is 14.4 Å². The monoisotopic (exact) mass is 463 g/mol. The van der Waals surface area contributed by atoms with E-state index in [-0.39, 0.29) is 27.3 Å². The van der Waals surface area contributed by atoms with Gasteiger partial charge in [-0.25, -0.2) is 4.90 Å². The van der Waals surface area contributed by atoms with Gasteiger partial charge in [-0.2, -0.15) is 0 Å². The Bertz CT molecular complexity index is 1090. The van der Waals surface area contributed by atoms with E-state index in [2.05, 4.69) is 5.32 Å². The van der Waals surface area contributed by atoms with E-state index in [4.69, 9.17) is 34.8 Å². The number of carbonyl (C=O) groups is 3. The summed E-state index contributed by atoms with van der Waals surface area (Å²) in [6.07, 6.45) is 1.98. The third-order valence-corrected chi connectivity index (χ3v) is 5.84. The predicted octanol–water partition coefficient (Wildman–Crippen LogP) is 4.67. The van der Waals surface area contributed by atoms with Crippen molar-refractivity contribution in [2.45, 2.75) is 12.8 Å². The third-order valence-electron chi connectivity index (χ3n) is 4.95. The van der Waals surface area contributed by atoms with Gasteiger partial charge in [0.15, 0.2) is 0 Å². The van der Waals surface area contributed by atoms with E-state index in [9.17, 15) is 14.4 Å². The Hall–Kier alpha value is -2.54. The molecule has 0 spiro atoms. The Kier molecular flexibility index (Phi) is 5.73. The minimum atomic E-state index is -0.697. The molecule has 1 saturated heterocycles.